The van der Waals surface area contributed by atoms with Crippen molar-refractivity contribution in [3.63, 3.8) is 0 Å². The molecule has 0 spiro atoms. The third-order valence-electron chi connectivity index (χ3n) is 2.71. The number of hydrogen-bond donors (Lipinski definition) is 1. The Kier molecular flexibility index (Phi) is 2.79. The Morgan fingerprint density at radius 1 is 1.29 bits per heavy atom. The predicted octanol–water partition coefficient (Wildman–Crippen LogP) is 1.96. The van der Waals surface area contributed by atoms with Crippen molar-refractivity contribution in [3.05, 3.63) is 35.4 Å². The lowest BCUT2D eigenvalue weighted by molar-refractivity contribution is -0.125. The van der Waals surface area contributed by atoms with Crippen molar-refractivity contribution in [1.29, 1.82) is 0 Å². The lowest BCUT2D eigenvalue weighted by Gasteiger charge is -2.11. The molecule has 17 heavy (non-hydrogen) atoms. The van der Waals surface area contributed by atoms with Gasteiger partial charge in [-0.1, -0.05) is 0 Å². The van der Waals surface area contributed by atoms with E-state index in [1.807, 2.05) is 0 Å². The van der Waals surface area contributed by atoms with E-state index in [-0.39, 0.29) is 13.0 Å². The third kappa shape index (κ3) is 2.25. The Labute approximate surface area is 95.5 Å². The monoisotopic (exact) mass is 241 g/mol. The molecule has 1 saturated heterocycles. The molecule has 90 valence electrons. The van der Waals surface area contributed by atoms with Crippen LogP contribution in [0.2, 0.25) is 0 Å². The van der Waals surface area contributed by atoms with Crippen LogP contribution < -0.4 is 0 Å². The first-order valence-electron chi connectivity index (χ1n) is 4.96. The van der Waals surface area contributed by atoms with Gasteiger partial charge in [-0.2, -0.15) is 0 Å². The van der Waals surface area contributed by atoms with Gasteiger partial charge in [0.05, 0.1) is 0 Å². The van der Waals surface area contributed by atoms with E-state index in [0.29, 0.717) is 10.5 Å². The fourth-order valence-corrected chi connectivity index (χ4v) is 1.93. The fourth-order valence-electron chi connectivity index (χ4n) is 1.93. The van der Waals surface area contributed by atoms with Crippen molar-refractivity contribution in [1.82, 2.24) is 4.90 Å². The Hall–Kier alpha value is -1.98. The summed E-state index contributed by atoms with van der Waals surface area (Å²) in [4.78, 5) is 22.7. The Morgan fingerprint density at radius 2 is 1.88 bits per heavy atom. The molecule has 0 aromatic heterocycles. The zero-order valence-electron chi connectivity index (χ0n) is 8.69. The molecule has 1 aromatic rings. The summed E-state index contributed by atoms with van der Waals surface area (Å²) in [6.45, 7) is -0.0585. The van der Waals surface area contributed by atoms with Gasteiger partial charge in [0.25, 0.3) is 0 Å². The normalized spacial score (nSPS) is 19.8. The van der Waals surface area contributed by atoms with Gasteiger partial charge in [0.2, 0.25) is 5.91 Å². The molecule has 1 heterocycles. The van der Waals surface area contributed by atoms with Crippen LogP contribution in [-0.4, -0.2) is 28.6 Å². The first-order valence-corrected chi connectivity index (χ1v) is 4.96. The molecular weight excluding hydrogens is 232 g/mol. The molecule has 1 atom stereocenters. The molecule has 1 unspecified atom stereocenters. The van der Waals surface area contributed by atoms with Gasteiger partial charge >= 0.3 is 6.09 Å². The number of benzene rings is 1. The molecule has 1 aromatic carbocycles. The molecule has 1 N–H and O–H groups in total. The zero-order chi connectivity index (χ0) is 12.6. The predicted molar refractivity (Wildman–Crippen MR) is 53.5 cm³/mol. The summed E-state index contributed by atoms with van der Waals surface area (Å²) in [7, 11) is 0. The summed E-state index contributed by atoms with van der Waals surface area (Å²) in [5.41, 5.74) is 0.305. The molecule has 2 rings (SSSR count). The van der Waals surface area contributed by atoms with E-state index in [1.54, 1.807) is 0 Å². The first kappa shape index (κ1) is 11.5. The maximum atomic E-state index is 13.0. The van der Waals surface area contributed by atoms with Crippen LogP contribution >= 0.6 is 0 Å². The highest BCUT2D eigenvalue weighted by atomic mass is 19.1. The number of rotatable bonds is 1. The summed E-state index contributed by atoms with van der Waals surface area (Å²) in [6, 6.07) is 2.97. The molecule has 2 amide bonds. The van der Waals surface area contributed by atoms with Crippen LogP contribution in [0.3, 0.4) is 0 Å². The molecule has 1 fully saturated rings. The standard InChI is InChI=1S/C11H9F2NO3/c12-8-1-6(2-9(13)4-8)7-3-10(15)14(5-7)11(16)17/h1-2,4,7H,3,5H2,(H,16,17). The van der Waals surface area contributed by atoms with E-state index in [9.17, 15) is 18.4 Å². The Bertz CT molecular complexity index is 469. The molecule has 1 aliphatic heterocycles. The molecule has 1 aliphatic rings. The van der Waals surface area contributed by atoms with Crippen LogP contribution in [0.25, 0.3) is 0 Å². The van der Waals surface area contributed by atoms with Crippen LogP contribution in [0.4, 0.5) is 13.6 Å². The minimum absolute atomic E-state index is 0.0464. The van der Waals surface area contributed by atoms with E-state index < -0.39 is 29.6 Å². The van der Waals surface area contributed by atoms with Crippen LogP contribution in [0.5, 0.6) is 0 Å². The number of nitrogens with zero attached hydrogens (tertiary/aromatic N) is 1. The average Bonchev–Trinajstić information content (AvgIpc) is 2.59. The molecule has 0 aliphatic carbocycles. The molecule has 0 bridgehead atoms. The van der Waals surface area contributed by atoms with Gasteiger partial charge in [-0.3, -0.25) is 4.79 Å². The average molecular weight is 241 g/mol. The van der Waals surface area contributed by atoms with E-state index in [1.165, 1.54) is 0 Å². The highest BCUT2D eigenvalue weighted by Gasteiger charge is 2.34. The summed E-state index contributed by atoms with van der Waals surface area (Å²) in [6.07, 6.45) is -1.38. The van der Waals surface area contributed by atoms with E-state index in [0.717, 1.165) is 18.2 Å². The summed E-state index contributed by atoms with van der Waals surface area (Å²) >= 11 is 0. The minimum Gasteiger partial charge on any atom is -0.465 e. The van der Waals surface area contributed by atoms with Crippen molar-refractivity contribution in [2.75, 3.05) is 6.54 Å². The number of carbonyl (C=O) groups is 2. The summed E-state index contributed by atoms with van der Waals surface area (Å²) in [5.74, 6) is -2.50. The smallest absolute Gasteiger partial charge is 0.414 e. The number of carbonyl (C=O) groups excluding carboxylic acids is 1. The van der Waals surface area contributed by atoms with Crippen molar-refractivity contribution in [2.24, 2.45) is 0 Å². The van der Waals surface area contributed by atoms with Gasteiger partial charge in [-0.15, -0.1) is 0 Å². The van der Waals surface area contributed by atoms with Gasteiger partial charge in [0.1, 0.15) is 11.6 Å². The summed E-state index contributed by atoms with van der Waals surface area (Å²) < 4.78 is 26.0. The number of carboxylic acid groups (broad SMARTS) is 1. The van der Waals surface area contributed by atoms with E-state index in [2.05, 4.69) is 0 Å². The highest BCUT2D eigenvalue weighted by molar-refractivity contribution is 5.93. The molecular formula is C11H9F2NO3. The summed E-state index contributed by atoms with van der Waals surface area (Å²) in [5, 5.41) is 8.71. The lowest BCUT2D eigenvalue weighted by atomic mass is 9.98. The molecule has 6 heteroatoms. The zero-order valence-corrected chi connectivity index (χ0v) is 8.69. The Morgan fingerprint density at radius 3 is 2.35 bits per heavy atom. The third-order valence-corrected chi connectivity index (χ3v) is 2.71. The second-order valence-corrected chi connectivity index (χ2v) is 3.89. The number of amides is 2. The molecule has 4 nitrogen and oxygen atoms in total. The Balaban J connectivity index is 2.25. The van der Waals surface area contributed by atoms with Crippen LogP contribution in [-0.2, 0) is 4.79 Å². The second-order valence-electron chi connectivity index (χ2n) is 3.89. The van der Waals surface area contributed by atoms with Crippen LogP contribution in [0.15, 0.2) is 18.2 Å². The van der Waals surface area contributed by atoms with Gasteiger partial charge in [0.15, 0.2) is 0 Å². The quantitative estimate of drug-likeness (QED) is 0.817. The number of likely N-dealkylation sites (tertiary alicyclic amines) is 1. The largest absolute Gasteiger partial charge is 0.465 e. The van der Waals surface area contributed by atoms with Crippen LogP contribution in [0, 0.1) is 11.6 Å². The lowest BCUT2D eigenvalue weighted by Crippen LogP contribution is -2.30. The fraction of sp³-hybridized carbons (Fsp3) is 0.273. The highest BCUT2D eigenvalue weighted by Crippen LogP contribution is 2.29. The van der Waals surface area contributed by atoms with Crippen molar-refractivity contribution < 1.29 is 23.5 Å². The van der Waals surface area contributed by atoms with Gasteiger partial charge in [-0.05, 0) is 17.7 Å². The van der Waals surface area contributed by atoms with E-state index >= 15 is 0 Å². The van der Waals surface area contributed by atoms with Gasteiger partial charge in [0, 0.05) is 24.9 Å². The van der Waals surface area contributed by atoms with Gasteiger partial charge in [-0.25, -0.2) is 18.5 Å². The minimum atomic E-state index is -1.34. The van der Waals surface area contributed by atoms with Crippen LogP contribution in [0.1, 0.15) is 17.9 Å². The maximum absolute atomic E-state index is 13.0. The number of imide groups is 1. The molecule has 0 radical (unpaired) electrons. The SMILES string of the molecule is O=C(O)N1CC(c2cc(F)cc(F)c2)CC1=O. The topological polar surface area (TPSA) is 57.6 Å². The molecule has 0 saturated carbocycles. The number of halogens is 2. The van der Waals surface area contributed by atoms with Crippen molar-refractivity contribution >= 4 is 12.0 Å². The maximum Gasteiger partial charge on any atom is 0.414 e. The van der Waals surface area contributed by atoms with E-state index in [4.69, 9.17) is 5.11 Å². The van der Waals surface area contributed by atoms with Crippen molar-refractivity contribution in [2.45, 2.75) is 12.3 Å². The van der Waals surface area contributed by atoms with Gasteiger partial charge < -0.3 is 5.11 Å². The number of hydrogen-bond acceptors (Lipinski definition) is 2. The first-order chi connectivity index (χ1) is 7.97. The van der Waals surface area contributed by atoms with Crippen molar-refractivity contribution in [3.8, 4) is 0 Å². The second kappa shape index (κ2) is 4.12.